The summed E-state index contributed by atoms with van der Waals surface area (Å²) in [4.78, 5) is 20.8. The zero-order chi connectivity index (χ0) is 27.0. The summed E-state index contributed by atoms with van der Waals surface area (Å²) in [5.74, 6) is -0.119. The van der Waals surface area contributed by atoms with E-state index in [9.17, 15) is 13.2 Å². The van der Waals surface area contributed by atoms with E-state index >= 15 is 0 Å². The van der Waals surface area contributed by atoms with Crippen molar-refractivity contribution in [1.82, 2.24) is 18.8 Å². The van der Waals surface area contributed by atoms with Gasteiger partial charge in [-0.1, -0.05) is 35.3 Å². The Labute approximate surface area is 230 Å². The van der Waals surface area contributed by atoms with Gasteiger partial charge in [-0.25, -0.2) is 18.4 Å². The predicted octanol–water partition coefficient (Wildman–Crippen LogP) is 4.94. The highest BCUT2D eigenvalue weighted by atomic mass is 35.5. The van der Waals surface area contributed by atoms with Crippen LogP contribution >= 0.6 is 23.2 Å². The number of carbonyl (C=O) groups excluding carboxylic acids is 1. The van der Waals surface area contributed by atoms with Crippen molar-refractivity contribution in [1.29, 1.82) is 0 Å². The van der Waals surface area contributed by atoms with Gasteiger partial charge in [-0.05, 0) is 44.0 Å². The number of carbonyl (C=O) groups is 1. The highest BCUT2D eigenvalue weighted by Gasteiger charge is 2.41. The molecule has 198 valence electrons. The van der Waals surface area contributed by atoms with Crippen LogP contribution < -0.4 is 4.74 Å². The molecule has 0 saturated carbocycles. The minimum atomic E-state index is -4.10. The van der Waals surface area contributed by atoms with E-state index < -0.39 is 22.0 Å². The topological polar surface area (TPSA) is 104 Å². The van der Waals surface area contributed by atoms with Gasteiger partial charge in [0, 0.05) is 40.6 Å². The first-order chi connectivity index (χ1) is 18.2. The number of para-hydroxylation sites is 1. The van der Waals surface area contributed by atoms with E-state index in [0.29, 0.717) is 29.7 Å². The maximum absolute atomic E-state index is 13.5. The number of hydrogen-bond donors (Lipinski definition) is 0. The lowest BCUT2D eigenvalue weighted by atomic mass is 10.1. The first kappa shape index (κ1) is 26.4. The summed E-state index contributed by atoms with van der Waals surface area (Å²) in [5, 5.41) is 1.04. The Balaban J connectivity index is 1.49. The molecule has 9 nitrogen and oxygen atoms in total. The van der Waals surface area contributed by atoms with Gasteiger partial charge in [0.15, 0.2) is 0 Å². The van der Waals surface area contributed by atoms with Crippen LogP contribution in [0.1, 0.15) is 24.1 Å². The van der Waals surface area contributed by atoms with E-state index in [1.165, 1.54) is 19.2 Å². The molecule has 1 saturated heterocycles. The van der Waals surface area contributed by atoms with Gasteiger partial charge in [-0.3, -0.25) is 4.79 Å². The van der Waals surface area contributed by atoms with Gasteiger partial charge < -0.3 is 14.0 Å². The Kier molecular flexibility index (Phi) is 7.32. The normalized spacial score (nSPS) is 16.2. The van der Waals surface area contributed by atoms with Crippen LogP contribution in [0.3, 0.4) is 0 Å². The van der Waals surface area contributed by atoms with E-state index in [4.69, 9.17) is 32.7 Å². The van der Waals surface area contributed by atoms with Crippen molar-refractivity contribution in [2.75, 3.05) is 13.7 Å². The number of nitrogens with zero attached hydrogens (tertiary/aromatic N) is 4. The molecule has 3 heterocycles. The van der Waals surface area contributed by atoms with Crippen molar-refractivity contribution in [3.8, 4) is 11.4 Å². The number of methoxy groups -OCH3 is 1. The van der Waals surface area contributed by atoms with E-state index in [1.54, 1.807) is 18.6 Å². The number of aryl methyl sites for hydroxylation is 1. The molecule has 1 fully saturated rings. The van der Waals surface area contributed by atoms with Gasteiger partial charge in [0.2, 0.25) is 10.0 Å². The molecule has 0 N–H and O–H groups in total. The second-order valence-corrected chi connectivity index (χ2v) is 11.5. The summed E-state index contributed by atoms with van der Waals surface area (Å²) in [7, 11) is -2.87. The van der Waals surface area contributed by atoms with Crippen molar-refractivity contribution >= 4 is 50.1 Å². The molecule has 38 heavy (non-hydrogen) atoms. The minimum absolute atomic E-state index is 0.0588. The number of fused-ring (bicyclic) bond motifs is 1. The maximum Gasteiger partial charge on any atom is 0.324 e. The molecule has 0 unspecified atom stereocenters. The van der Waals surface area contributed by atoms with Crippen LogP contribution in [0.25, 0.3) is 16.6 Å². The second-order valence-electron chi connectivity index (χ2n) is 8.83. The molecule has 1 aliphatic heterocycles. The fourth-order valence-electron chi connectivity index (χ4n) is 4.64. The number of pyridine rings is 1. The molecule has 4 aromatic rings. The highest BCUT2D eigenvalue weighted by molar-refractivity contribution is 7.89. The summed E-state index contributed by atoms with van der Waals surface area (Å²) >= 11 is 13.1. The van der Waals surface area contributed by atoms with Crippen molar-refractivity contribution in [3.05, 3.63) is 76.4 Å². The van der Waals surface area contributed by atoms with Crippen LogP contribution in [-0.4, -0.2) is 52.9 Å². The zero-order valence-corrected chi connectivity index (χ0v) is 22.9. The first-order valence-electron chi connectivity index (χ1n) is 11.8. The molecule has 0 radical (unpaired) electrons. The van der Waals surface area contributed by atoms with Crippen molar-refractivity contribution in [2.24, 2.45) is 0 Å². The Bertz CT molecular complexity index is 1630. The molecule has 1 aliphatic rings. The number of sulfonamides is 1. The van der Waals surface area contributed by atoms with E-state index in [2.05, 4.69) is 9.97 Å². The largest absolute Gasteiger partial charge is 0.487 e. The van der Waals surface area contributed by atoms with E-state index in [-0.39, 0.29) is 28.1 Å². The average molecular weight is 575 g/mol. The van der Waals surface area contributed by atoms with Gasteiger partial charge in [0.25, 0.3) is 0 Å². The third-order valence-corrected chi connectivity index (χ3v) is 9.33. The maximum atomic E-state index is 13.5. The van der Waals surface area contributed by atoms with Crippen LogP contribution in [-0.2, 0) is 26.2 Å². The zero-order valence-electron chi connectivity index (χ0n) is 20.6. The molecule has 2 aromatic carbocycles. The third-order valence-electron chi connectivity index (χ3n) is 6.48. The van der Waals surface area contributed by atoms with Gasteiger partial charge in [-0.2, -0.15) is 4.31 Å². The van der Waals surface area contributed by atoms with Gasteiger partial charge in [0.05, 0.1) is 24.1 Å². The number of benzene rings is 2. The Morgan fingerprint density at radius 2 is 2.03 bits per heavy atom. The fourth-order valence-corrected chi connectivity index (χ4v) is 7.15. The van der Waals surface area contributed by atoms with Crippen molar-refractivity contribution in [2.45, 2.75) is 37.3 Å². The van der Waals surface area contributed by atoms with Crippen LogP contribution in [0.5, 0.6) is 5.75 Å². The smallest absolute Gasteiger partial charge is 0.324 e. The lowest BCUT2D eigenvalue weighted by molar-refractivity contribution is -0.144. The Hall–Kier alpha value is -3.18. The lowest BCUT2D eigenvalue weighted by Gasteiger charge is -2.23. The van der Waals surface area contributed by atoms with Crippen molar-refractivity contribution < 1.29 is 22.7 Å². The molecule has 0 spiro atoms. The van der Waals surface area contributed by atoms with Crippen LogP contribution in [0.2, 0.25) is 10.0 Å². The quantitative estimate of drug-likeness (QED) is 0.288. The SMILES string of the molecule is COC(=O)[C@H]1CCCN1S(=O)(=O)c1ccc(Cl)c(COc2cccc3c(-n4ccnc4)cc(C)nc23)c1Cl. The monoisotopic (exact) mass is 574 g/mol. The molecule has 0 bridgehead atoms. The standard InChI is InChI=1S/C26H24Cl2N4O5S/c1-16-13-21(31-12-10-29-15-31)17-5-3-7-22(25(17)30-16)37-14-18-19(27)8-9-23(24(18)28)38(34,35)32-11-4-6-20(32)26(33)36-2/h3,5,7-10,12-13,15,20H,4,6,11,14H2,1-2H3/t20-/m1/s1. The number of hydrogen-bond acceptors (Lipinski definition) is 7. The number of ether oxygens (including phenoxy) is 2. The molecular weight excluding hydrogens is 551 g/mol. The van der Waals surface area contributed by atoms with E-state index in [0.717, 1.165) is 21.1 Å². The second kappa shape index (κ2) is 10.5. The van der Waals surface area contributed by atoms with Gasteiger partial charge in [0.1, 0.15) is 28.8 Å². The summed E-state index contributed by atoms with van der Waals surface area (Å²) in [6, 6.07) is 9.42. The molecule has 12 heteroatoms. The van der Waals surface area contributed by atoms with Gasteiger partial charge in [-0.15, -0.1) is 0 Å². The molecular formula is C26H24Cl2N4O5S. The Morgan fingerprint density at radius 3 is 2.76 bits per heavy atom. The number of esters is 1. The highest BCUT2D eigenvalue weighted by Crippen LogP contribution is 2.37. The van der Waals surface area contributed by atoms with E-state index in [1.807, 2.05) is 35.9 Å². The minimum Gasteiger partial charge on any atom is -0.487 e. The fraction of sp³-hybridized carbons (Fsp3) is 0.269. The summed E-state index contributed by atoms with van der Waals surface area (Å²) < 4.78 is 41.0. The van der Waals surface area contributed by atoms with Crippen molar-refractivity contribution in [3.63, 3.8) is 0 Å². The number of imidazole rings is 1. The van der Waals surface area contributed by atoms with Gasteiger partial charge >= 0.3 is 5.97 Å². The molecule has 0 aliphatic carbocycles. The summed E-state index contributed by atoms with van der Waals surface area (Å²) in [6.45, 7) is 1.97. The third kappa shape index (κ3) is 4.73. The molecule has 2 aromatic heterocycles. The average Bonchev–Trinajstić information content (AvgIpc) is 3.61. The van der Waals surface area contributed by atoms with Crippen LogP contribution in [0, 0.1) is 6.92 Å². The molecule has 1 atom stereocenters. The van der Waals surface area contributed by atoms with Crippen LogP contribution in [0.15, 0.2) is 60.0 Å². The number of aromatic nitrogens is 3. The summed E-state index contributed by atoms with van der Waals surface area (Å²) in [5.41, 5.74) is 2.62. The summed E-state index contributed by atoms with van der Waals surface area (Å²) in [6.07, 6.45) is 6.16. The Morgan fingerprint density at radius 1 is 1.21 bits per heavy atom. The lowest BCUT2D eigenvalue weighted by Crippen LogP contribution is -2.41. The number of halogens is 2. The predicted molar refractivity (Wildman–Crippen MR) is 143 cm³/mol. The van der Waals surface area contributed by atoms with Crippen LogP contribution in [0.4, 0.5) is 0 Å². The number of rotatable bonds is 7. The molecule has 5 rings (SSSR count). The molecule has 0 amide bonds. The first-order valence-corrected chi connectivity index (χ1v) is 14.0.